The molecule has 2 saturated heterocycles. The SMILES string of the molecule is CN1CC(C(=O)N2CCN(C3(C(N)=O)CCCCC3)CC2)CC1=O. The van der Waals surface area contributed by atoms with E-state index in [1.807, 2.05) is 4.90 Å². The van der Waals surface area contributed by atoms with E-state index in [9.17, 15) is 14.4 Å². The number of carbonyl (C=O) groups is 3. The van der Waals surface area contributed by atoms with Crippen molar-refractivity contribution in [1.82, 2.24) is 14.7 Å². The Morgan fingerprint density at radius 3 is 2.21 bits per heavy atom. The van der Waals surface area contributed by atoms with E-state index in [0.717, 1.165) is 32.1 Å². The Labute approximate surface area is 143 Å². The Hall–Kier alpha value is -1.63. The number of piperazine rings is 1. The predicted octanol–water partition coefficient (Wildman–Crippen LogP) is -0.203. The van der Waals surface area contributed by atoms with Crippen LogP contribution in [-0.2, 0) is 14.4 Å². The number of primary amides is 1. The summed E-state index contributed by atoms with van der Waals surface area (Å²) < 4.78 is 0. The van der Waals surface area contributed by atoms with Gasteiger partial charge in [-0.25, -0.2) is 0 Å². The fourth-order valence-electron chi connectivity index (χ4n) is 4.50. The van der Waals surface area contributed by atoms with E-state index in [2.05, 4.69) is 4.90 Å². The average molecular weight is 336 g/mol. The first-order chi connectivity index (χ1) is 11.4. The molecule has 7 nitrogen and oxygen atoms in total. The lowest BCUT2D eigenvalue weighted by Gasteiger charge is -2.48. The number of rotatable bonds is 3. The Bertz CT molecular complexity index is 522. The van der Waals surface area contributed by atoms with E-state index in [-0.39, 0.29) is 23.6 Å². The minimum Gasteiger partial charge on any atom is -0.368 e. The fraction of sp³-hybridized carbons (Fsp3) is 0.824. The molecule has 0 aromatic carbocycles. The summed E-state index contributed by atoms with van der Waals surface area (Å²) in [7, 11) is 1.74. The molecule has 3 amide bonds. The van der Waals surface area contributed by atoms with Crippen molar-refractivity contribution < 1.29 is 14.4 Å². The smallest absolute Gasteiger partial charge is 0.237 e. The number of hydrogen-bond donors (Lipinski definition) is 1. The number of nitrogens with two attached hydrogens (primary N) is 1. The first-order valence-corrected chi connectivity index (χ1v) is 9.02. The van der Waals surface area contributed by atoms with Crippen molar-refractivity contribution in [2.24, 2.45) is 11.7 Å². The topological polar surface area (TPSA) is 86.9 Å². The van der Waals surface area contributed by atoms with Crippen molar-refractivity contribution >= 4 is 17.7 Å². The molecule has 1 aliphatic carbocycles. The molecule has 1 atom stereocenters. The molecule has 3 aliphatic rings. The molecule has 24 heavy (non-hydrogen) atoms. The Morgan fingerprint density at radius 1 is 1.08 bits per heavy atom. The third kappa shape index (κ3) is 3.01. The summed E-state index contributed by atoms with van der Waals surface area (Å²) in [5.74, 6) is -0.315. The zero-order valence-corrected chi connectivity index (χ0v) is 14.5. The van der Waals surface area contributed by atoms with Crippen LogP contribution >= 0.6 is 0 Å². The van der Waals surface area contributed by atoms with Gasteiger partial charge in [0.25, 0.3) is 0 Å². The molecule has 2 aliphatic heterocycles. The highest BCUT2D eigenvalue weighted by molar-refractivity contribution is 5.89. The summed E-state index contributed by atoms with van der Waals surface area (Å²) in [4.78, 5) is 42.1. The number of carbonyl (C=O) groups excluding carboxylic acids is 3. The predicted molar refractivity (Wildman–Crippen MR) is 88.9 cm³/mol. The molecule has 0 spiro atoms. The maximum Gasteiger partial charge on any atom is 0.237 e. The highest BCUT2D eigenvalue weighted by atomic mass is 16.2. The van der Waals surface area contributed by atoms with Gasteiger partial charge < -0.3 is 15.5 Å². The van der Waals surface area contributed by atoms with Crippen LogP contribution in [0, 0.1) is 5.92 Å². The maximum absolute atomic E-state index is 12.6. The molecule has 1 unspecified atom stereocenters. The molecule has 0 radical (unpaired) electrons. The van der Waals surface area contributed by atoms with Crippen LogP contribution in [0.4, 0.5) is 0 Å². The van der Waals surface area contributed by atoms with Crippen LogP contribution in [-0.4, -0.2) is 77.7 Å². The summed E-state index contributed by atoms with van der Waals surface area (Å²) in [6.07, 6.45) is 5.23. The van der Waals surface area contributed by atoms with Crippen molar-refractivity contribution in [3.05, 3.63) is 0 Å². The number of nitrogens with zero attached hydrogens (tertiary/aromatic N) is 3. The van der Waals surface area contributed by atoms with Gasteiger partial charge in [-0.2, -0.15) is 0 Å². The minimum absolute atomic E-state index is 0.0434. The summed E-state index contributed by atoms with van der Waals surface area (Å²) in [6, 6.07) is 0. The number of hydrogen-bond acceptors (Lipinski definition) is 4. The molecule has 0 aromatic rings. The van der Waals surface area contributed by atoms with Gasteiger partial charge in [-0.05, 0) is 12.8 Å². The van der Waals surface area contributed by atoms with E-state index in [4.69, 9.17) is 5.73 Å². The van der Waals surface area contributed by atoms with Crippen molar-refractivity contribution in [1.29, 1.82) is 0 Å². The second-order valence-corrected chi connectivity index (χ2v) is 7.44. The van der Waals surface area contributed by atoms with E-state index >= 15 is 0 Å². The van der Waals surface area contributed by atoms with Gasteiger partial charge in [0, 0.05) is 46.2 Å². The molecule has 0 bridgehead atoms. The molecule has 2 heterocycles. The molecule has 7 heteroatoms. The molecular formula is C17H28N4O3. The molecule has 134 valence electrons. The molecule has 3 fully saturated rings. The van der Waals surface area contributed by atoms with E-state index in [0.29, 0.717) is 39.1 Å². The summed E-state index contributed by atoms with van der Waals surface area (Å²) >= 11 is 0. The first kappa shape index (κ1) is 17.2. The van der Waals surface area contributed by atoms with Gasteiger partial charge >= 0.3 is 0 Å². The quantitative estimate of drug-likeness (QED) is 0.773. The minimum atomic E-state index is -0.517. The van der Waals surface area contributed by atoms with Crippen LogP contribution in [0.3, 0.4) is 0 Å². The van der Waals surface area contributed by atoms with E-state index < -0.39 is 5.54 Å². The average Bonchev–Trinajstić information content (AvgIpc) is 2.94. The number of likely N-dealkylation sites (tertiary alicyclic amines) is 1. The van der Waals surface area contributed by atoms with E-state index in [1.54, 1.807) is 11.9 Å². The van der Waals surface area contributed by atoms with Crippen LogP contribution < -0.4 is 5.73 Å². The number of amides is 3. The highest BCUT2D eigenvalue weighted by Gasteiger charge is 2.45. The summed E-state index contributed by atoms with van der Waals surface area (Å²) in [6.45, 7) is 3.12. The van der Waals surface area contributed by atoms with Crippen LogP contribution in [0.1, 0.15) is 38.5 Å². The van der Waals surface area contributed by atoms with E-state index in [1.165, 1.54) is 0 Å². The van der Waals surface area contributed by atoms with Crippen LogP contribution in [0.2, 0.25) is 0 Å². The van der Waals surface area contributed by atoms with Gasteiger partial charge in [0.2, 0.25) is 17.7 Å². The third-order valence-electron chi connectivity index (χ3n) is 6.03. The zero-order valence-electron chi connectivity index (χ0n) is 14.5. The largest absolute Gasteiger partial charge is 0.368 e. The monoisotopic (exact) mass is 336 g/mol. The molecule has 1 saturated carbocycles. The van der Waals surface area contributed by atoms with Crippen LogP contribution in [0.25, 0.3) is 0 Å². The molecule has 0 aromatic heterocycles. The Kier molecular flexibility index (Phi) is 4.80. The van der Waals surface area contributed by atoms with Gasteiger partial charge in [-0.15, -0.1) is 0 Å². The summed E-state index contributed by atoms with van der Waals surface area (Å²) in [5.41, 5.74) is 5.24. The van der Waals surface area contributed by atoms with Crippen molar-refractivity contribution in [2.75, 3.05) is 39.8 Å². The van der Waals surface area contributed by atoms with Crippen LogP contribution in [0.15, 0.2) is 0 Å². The van der Waals surface area contributed by atoms with Crippen molar-refractivity contribution in [3.8, 4) is 0 Å². The van der Waals surface area contributed by atoms with Gasteiger partial charge in [0.15, 0.2) is 0 Å². The highest BCUT2D eigenvalue weighted by Crippen LogP contribution is 2.34. The third-order valence-corrected chi connectivity index (χ3v) is 6.03. The van der Waals surface area contributed by atoms with Crippen molar-refractivity contribution in [2.45, 2.75) is 44.1 Å². The lowest BCUT2D eigenvalue weighted by Crippen LogP contribution is -2.64. The second kappa shape index (κ2) is 6.70. The molecule has 2 N–H and O–H groups in total. The lowest BCUT2D eigenvalue weighted by atomic mass is 9.79. The Balaban J connectivity index is 1.60. The lowest BCUT2D eigenvalue weighted by molar-refractivity contribution is -0.141. The standard InChI is InChI=1S/C17H28N4O3/c1-19-12-13(11-14(19)22)15(23)20-7-9-21(10-8-20)17(16(18)24)5-3-2-4-6-17/h13H,2-12H2,1H3,(H2,18,24). The zero-order chi connectivity index (χ0) is 17.3. The van der Waals surface area contributed by atoms with Gasteiger partial charge in [-0.1, -0.05) is 19.3 Å². The van der Waals surface area contributed by atoms with Gasteiger partial charge in [0.05, 0.1) is 5.92 Å². The normalized spacial score (nSPS) is 28.2. The molecular weight excluding hydrogens is 308 g/mol. The van der Waals surface area contributed by atoms with Crippen molar-refractivity contribution in [3.63, 3.8) is 0 Å². The maximum atomic E-state index is 12.6. The molecule has 3 rings (SSSR count). The fourth-order valence-corrected chi connectivity index (χ4v) is 4.50. The first-order valence-electron chi connectivity index (χ1n) is 9.02. The second-order valence-electron chi connectivity index (χ2n) is 7.44. The van der Waals surface area contributed by atoms with Gasteiger partial charge in [0.1, 0.15) is 5.54 Å². The van der Waals surface area contributed by atoms with Gasteiger partial charge in [-0.3, -0.25) is 19.3 Å². The Morgan fingerprint density at radius 2 is 1.71 bits per heavy atom. The summed E-state index contributed by atoms with van der Waals surface area (Å²) in [5, 5.41) is 0. The van der Waals surface area contributed by atoms with Crippen LogP contribution in [0.5, 0.6) is 0 Å².